The minimum absolute atomic E-state index is 0. The van der Waals surface area contributed by atoms with Crippen molar-refractivity contribution >= 4 is 29.7 Å². The molecule has 3 heterocycles. The lowest BCUT2D eigenvalue weighted by Crippen LogP contribution is -2.36. The van der Waals surface area contributed by atoms with Crippen molar-refractivity contribution in [3.63, 3.8) is 0 Å². The number of pyridine rings is 1. The van der Waals surface area contributed by atoms with Crippen molar-refractivity contribution in [2.75, 3.05) is 26.7 Å². The van der Waals surface area contributed by atoms with Gasteiger partial charge in [0.2, 0.25) is 0 Å². The molecule has 0 radical (unpaired) electrons. The van der Waals surface area contributed by atoms with Crippen LogP contribution >= 0.6 is 24.0 Å². The molecule has 0 unspecified atom stereocenters. The summed E-state index contributed by atoms with van der Waals surface area (Å²) in [7, 11) is 2.01. The highest BCUT2D eigenvalue weighted by atomic mass is 35.5. The fourth-order valence-corrected chi connectivity index (χ4v) is 3.23. The lowest BCUT2D eigenvalue weighted by atomic mass is 9.97. The number of halogens is 2. The lowest BCUT2D eigenvalue weighted by Gasteiger charge is -2.31. The van der Waals surface area contributed by atoms with Gasteiger partial charge in [-0.1, -0.05) is 11.6 Å². The van der Waals surface area contributed by atoms with E-state index in [2.05, 4.69) is 15.2 Å². The molecule has 7 heteroatoms. The van der Waals surface area contributed by atoms with Gasteiger partial charge in [-0.05, 0) is 57.6 Å². The summed E-state index contributed by atoms with van der Waals surface area (Å²) in [6.45, 7) is 3.95. The highest BCUT2D eigenvalue weighted by Gasteiger charge is 2.19. The van der Waals surface area contributed by atoms with E-state index in [1.807, 2.05) is 7.05 Å². The van der Waals surface area contributed by atoms with Crippen LogP contribution in [0.1, 0.15) is 18.5 Å². The van der Waals surface area contributed by atoms with Crippen LogP contribution in [-0.2, 0) is 6.54 Å². The first-order chi connectivity index (χ1) is 10.7. The van der Waals surface area contributed by atoms with Gasteiger partial charge in [0.15, 0.2) is 0 Å². The molecule has 1 aliphatic heterocycles. The molecule has 0 spiro atoms. The van der Waals surface area contributed by atoms with Gasteiger partial charge in [-0.3, -0.25) is 14.1 Å². The summed E-state index contributed by atoms with van der Waals surface area (Å²) in [6, 6.07) is 5.16. The second-order valence-corrected chi connectivity index (χ2v) is 6.37. The summed E-state index contributed by atoms with van der Waals surface area (Å²) in [5, 5.41) is 3.79. The van der Waals surface area contributed by atoms with Crippen molar-refractivity contribution in [2.24, 2.45) is 5.92 Å². The summed E-state index contributed by atoms with van der Waals surface area (Å²) < 4.78 is 1.49. The second kappa shape index (κ2) is 8.11. The molecule has 126 valence electrons. The largest absolute Gasteiger partial charge is 0.319 e. The molecule has 2 aromatic heterocycles. The van der Waals surface area contributed by atoms with Crippen molar-refractivity contribution in [3.8, 4) is 0 Å². The highest BCUT2D eigenvalue weighted by molar-refractivity contribution is 6.30. The SMILES string of the molecule is CNCC1CCN(Cc2cc(=O)n3cc(Cl)ccc3n2)CC1.Cl. The number of piperidine rings is 1. The summed E-state index contributed by atoms with van der Waals surface area (Å²) in [5.41, 5.74) is 1.41. The van der Waals surface area contributed by atoms with Crippen LogP contribution in [0.4, 0.5) is 0 Å². The topological polar surface area (TPSA) is 49.6 Å². The lowest BCUT2D eigenvalue weighted by molar-refractivity contribution is 0.175. The van der Waals surface area contributed by atoms with E-state index >= 15 is 0 Å². The Morgan fingerprint density at radius 1 is 1.35 bits per heavy atom. The van der Waals surface area contributed by atoms with Gasteiger partial charge in [0, 0.05) is 18.8 Å². The molecule has 23 heavy (non-hydrogen) atoms. The zero-order valence-electron chi connectivity index (χ0n) is 13.2. The van der Waals surface area contributed by atoms with Crippen LogP contribution < -0.4 is 10.9 Å². The van der Waals surface area contributed by atoms with Crippen LogP contribution in [0.15, 0.2) is 29.2 Å². The predicted octanol–water partition coefficient (Wildman–Crippen LogP) is 2.20. The molecule has 1 N–H and O–H groups in total. The summed E-state index contributed by atoms with van der Waals surface area (Å²) >= 11 is 5.92. The number of likely N-dealkylation sites (tertiary alicyclic amines) is 1. The Morgan fingerprint density at radius 3 is 2.78 bits per heavy atom. The van der Waals surface area contributed by atoms with Crippen molar-refractivity contribution in [1.29, 1.82) is 0 Å². The van der Waals surface area contributed by atoms with Crippen LogP contribution in [0.5, 0.6) is 0 Å². The molecule has 0 aliphatic carbocycles. The van der Waals surface area contributed by atoms with Gasteiger partial charge in [-0.2, -0.15) is 0 Å². The molecule has 0 amide bonds. The first-order valence-electron chi connectivity index (χ1n) is 7.70. The normalized spacial score (nSPS) is 16.4. The van der Waals surface area contributed by atoms with E-state index in [1.54, 1.807) is 24.4 Å². The van der Waals surface area contributed by atoms with Crippen LogP contribution in [0, 0.1) is 5.92 Å². The molecule has 3 rings (SSSR count). The van der Waals surface area contributed by atoms with Crippen molar-refractivity contribution in [3.05, 3.63) is 45.5 Å². The van der Waals surface area contributed by atoms with E-state index in [-0.39, 0.29) is 18.0 Å². The maximum atomic E-state index is 12.2. The third kappa shape index (κ3) is 4.44. The Kier molecular flexibility index (Phi) is 6.41. The van der Waals surface area contributed by atoms with Gasteiger partial charge in [0.1, 0.15) is 5.65 Å². The van der Waals surface area contributed by atoms with Crippen LogP contribution in [0.3, 0.4) is 0 Å². The number of aromatic nitrogens is 2. The first-order valence-corrected chi connectivity index (χ1v) is 8.08. The van der Waals surface area contributed by atoms with Crippen molar-refractivity contribution in [2.45, 2.75) is 19.4 Å². The average Bonchev–Trinajstić information content (AvgIpc) is 2.50. The molecule has 1 aliphatic rings. The average molecular weight is 357 g/mol. The standard InChI is InChI=1S/C16H21ClN4O.ClH/c1-18-9-12-4-6-20(7-5-12)11-14-8-16(22)21-10-13(17)2-3-15(21)19-14;/h2-3,8,10,12,18H,4-7,9,11H2,1H3;1H. The summed E-state index contributed by atoms with van der Waals surface area (Å²) in [6.07, 6.45) is 4.01. The maximum Gasteiger partial charge on any atom is 0.258 e. The molecule has 1 fully saturated rings. The molecular formula is C16H22Cl2N4O. The monoisotopic (exact) mass is 356 g/mol. The molecule has 5 nitrogen and oxygen atoms in total. The Hall–Kier alpha value is -1.14. The second-order valence-electron chi connectivity index (χ2n) is 5.94. The van der Waals surface area contributed by atoms with Crippen molar-refractivity contribution < 1.29 is 0 Å². The van der Waals surface area contributed by atoms with E-state index in [1.165, 1.54) is 17.2 Å². The zero-order chi connectivity index (χ0) is 15.5. The smallest absolute Gasteiger partial charge is 0.258 e. The van der Waals surface area contributed by atoms with E-state index in [0.29, 0.717) is 10.7 Å². The predicted molar refractivity (Wildman–Crippen MR) is 95.6 cm³/mol. The number of fused-ring (bicyclic) bond motifs is 1. The molecule has 0 atom stereocenters. The van der Waals surface area contributed by atoms with Gasteiger partial charge >= 0.3 is 0 Å². The van der Waals surface area contributed by atoms with Crippen LogP contribution in [-0.4, -0.2) is 41.0 Å². The van der Waals surface area contributed by atoms with E-state index in [9.17, 15) is 4.79 Å². The quantitative estimate of drug-likeness (QED) is 0.912. The highest BCUT2D eigenvalue weighted by Crippen LogP contribution is 2.18. The van der Waals surface area contributed by atoms with Gasteiger partial charge in [0.05, 0.1) is 10.7 Å². The fraction of sp³-hybridized carbons (Fsp3) is 0.500. The van der Waals surface area contributed by atoms with E-state index < -0.39 is 0 Å². The molecule has 2 aromatic rings. The van der Waals surface area contributed by atoms with Crippen molar-refractivity contribution in [1.82, 2.24) is 19.6 Å². The number of rotatable bonds is 4. The molecule has 0 bridgehead atoms. The molecule has 1 saturated heterocycles. The summed E-state index contributed by atoms with van der Waals surface area (Å²) in [5.74, 6) is 0.763. The number of nitrogens with zero attached hydrogens (tertiary/aromatic N) is 3. The van der Waals surface area contributed by atoms with Crippen LogP contribution in [0.25, 0.3) is 5.65 Å². The number of hydrogen-bond acceptors (Lipinski definition) is 4. The third-order valence-electron chi connectivity index (χ3n) is 4.26. The number of hydrogen-bond donors (Lipinski definition) is 1. The molecule has 0 saturated carbocycles. The van der Waals surface area contributed by atoms with Gasteiger partial charge in [-0.15, -0.1) is 12.4 Å². The Labute approximate surface area is 147 Å². The zero-order valence-corrected chi connectivity index (χ0v) is 14.7. The summed E-state index contributed by atoms with van der Waals surface area (Å²) in [4.78, 5) is 19.1. The van der Waals surface area contributed by atoms with Gasteiger partial charge < -0.3 is 5.32 Å². The first kappa shape index (κ1) is 18.2. The van der Waals surface area contributed by atoms with Crippen LogP contribution in [0.2, 0.25) is 5.02 Å². The van der Waals surface area contributed by atoms with Gasteiger partial charge in [-0.25, -0.2) is 4.98 Å². The minimum atomic E-state index is -0.0763. The third-order valence-corrected chi connectivity index (χ3v) is 4.49. The number of nitrogens with one attached hydrogen (secondary N) is 1. The molecule has 0 aromatic carbocycles. The maximum absolute atomic E-state index is 12.2. The Bertz CT molecular complexity index is 711. The van der Waals surface area contributed by atoms with E-state index in [0.717, 1.165) is 37.8 Å². The van der Waals surface area contributed by atoms with Gasteiger partial charge in [0.25, 0.3) is 5.56 Å². The van der Waals surface area contributed by atoms with E-state index in [4.69, 9.17) is 11.6 Å². The fourth-order valence-electron chi connectivity index (χ4n) is 3.07. The Balaban J connectivity index is 0.00000192. The Morgan fingerprint density at radius 2 is 2.09 bits per heavy atom. The minimum Gasteiger partial charge on any atom is -0.319 e. The molecular weight excluding hydrogens is 335 g/mol.